The van der Waals surface area contributed by atoms with E-state index in [1.54, 1.807) is 28.1 Å². The van der Waals surface area contributed by atoms with Gasteiger partial charge in [-0.15, -0.1) is 0 Å². The third kappa shape index (κ3) is 3.51. The average molecular weight is 366 g/mol. The monoisotopic (exact) mass is 366 g/mol. The molecule has 0 aliphatic carbocycles. The van der Waals surface area contributed by atoms with E-state index in [-0.39, 0.29) is 0 Å². The molecule has 0 saturated heterocycles. The Morgan fingerprint density at radius 1 is 0.926 bits per heavy atom. The highest BCUT2D eigenvalue weighted by atomic mass is 16.5. The number of methoxy groups -OCH3 is 2. The van der Waals surface area contributed by atoms with Crippen LogP contribution in [0, 0.1) is 0 Å². The van der Waals surface area contributed by atoms with E-state index in [1.165, 1.54) is 0 Å². The molecule has 3 rings (SSSR count). The van der Waals surface area contributed by atoms with Gasteiger partial charge in [0, 0.05) is 11.1 Å². The van der Waals surface area contributed by atoms with E-state index in [9.17, 15) is 9.90 Å². The second-order valence-electron chi connectivity index (χ2n) is 6.70. The summed E-state index contributed by atoms with van der Waals surface area (Å²) in [5.41, 5.74) is 2.05. The number of aromatic nitrogens is 2. The van der Waals surface area contributed by atoms with Gasteiger partial charge in [-0.25, -0.2) is 4.98 Å². The predicted molar refractivity (Wildman–Crippen MR) is 103 cm³/mol. The number of ether oxygens (including phenoxy) is 2. The topological polar surface area (TPSA) is 84.4 Å². The van der Waals surface area contributed by atoms with Gasteiger partial charge in [0.2, 0.25) is 0 Å². The van der Waals surface area contributed by atoms with Crippen LogP contribution in [0.25, 0.3) is 22.5 Å². The van der Waals surface area contributed by atoms with Crippen LogP contribution in [0.2, 0.25) is 0 Å². The average Bonchev–Trinajstić information content (AvgIpc) is 3.14. The Kier molecular flexibility index (Phi) is 4.90. The summed E-state index contributed by atoms with van der Waals surface area (Å²) < 4.78 is 10.4. The number of nitrogens with zero attached hydrogens (tertiary/aromatic N) is 1. The number of hydrogen-bond acceptors (Lipinski definition) is 4. The molecule has 2 aromatic carbocycles. The number of imidazole rings is 1. The van der Waals surface area contributed by atoms with Crippen molar-refractivity contribution in [3.05, 3.63) is 54.4 Å². The second kappa shape index (κ2) is 7.15. The normalized spacial score (nSPS) is 11.3. The molecule has 0 fully saturated rings. The molecule has 2 N–H and O–H groups in total. The van der Waals surface area contributed by atoms with Gasteiger partial charge in [-0.3, -0.25) is 4.79 Å². The maximum atomic E-state index is 11.7. The predicted octanol–water partition coefficient (Wildman–Crippen LogP) is 4.12. The summed E-state index contributed by atoms with van der Waals surface area (Å²) in [6, 6.07) is 15.0. The van der Waals surface area contributed by atoms with E-state index >= 15 is 0 Å². The first-order valence-corrected chi connectivity index (χ1v) is 8.49. The molecule has 0 saturated carbocycles. The lowest BCUT2D eigenvalue weighted by molar-refractivity contribution is -0.142. The van der Waals surface area contributed by atoms with Crippen LogP contribution in [-0.2, 0) is 10.2 Å². The van der Waals surface area contributed by atoms with Crippen molar-refractivity contribution in [3.8, 4) is 34.0 Å². The number of aliphatic carboxylic acids is 1. The van der Waals surface area contributed by atoms with Crippen LogP contribution in [0.5, 0.6) is 11.5 Å². The highest BCUT2D eigenvalue weighted by Gasteiger charge is 2.34. The smallest absolute Gasteiger partial charge is 0.316 e. The fraction of sp³-hybridized carbons (Fsp3) is 0.238. The van der Waals surface area contributed by atoms with Crippen LogP contribution in [0.15, 0.2) is 48.5 Å². The number of carbonyl (C=O) groups is 1. The minimum atomic E-state index is -1.15. The van der Waals surface area contributed by atoms with Crippen LogP contribution < -0.4 is 9.47 Å². The Morgan fingerprint density at radius 2 is 1.41 bits per heavy atom. The van der Waals surface area contributed by atoms with E-state index in [0.717, 1.165) is 28.3 Å². The molecule has 0 radical (unpaired) electrons. The van der Waals surface area contributed by atoms with Crippen molar-refractivity contribution >= 4 is 5.97 Å². The third-order valence-corrected chi connectivity index (χ3v) is 4.57. The molecule has 3 aromatic rings. The molecule has 0 aliphatic rings. The molecule has 6 nitrogen and oxygen atoms in total. The highest BCUT2D eigenvalue weighted by Crippen LogP contribution is 2.35. The number of nitrogens with one attached hydrogen (secondary N) is 1. The molecular weight excluding hydrogens is 344 g/mol. The van der Waals surface area contributed by atoms with Crippen molar-refractivity contribution < 1.29 is 19.4 Å². The van der Waals surface area contributed by atoms with Gasteiger partial charge in [-0.2, -0.15) is 0 Å². The summed E-state index contributed by atoms with van der Waals surface area (Å²) in [6.45, 7) is 3.26. The molecule has 0 unspecified atom stereocenters. The standard InChI is InChI=1S/C21H22N2O4/c1-21(2,20(24)25)19-22-17(13-5-9-15(26-3)10-6-13)18(23-19)14-7-11-16(27-4)12-8-14/h5-12H,1-4H3,(H,22,23)(H,24,25). The maximum absolute atomic E-state index is 11.7. The van der Waals surface area contributed by atoms with Gasteiger partial charge >= 0.3 is 5.97 Å². The Morgan fingerprint density at radius 3 is 1.85 bits per heavy atom. The van der Waals surface area contributed by atoms with Gasteiger partial charge in [-0.1, -0.05) is 0 Å². The third-order valence-electron chi connectivity index (χ3n) is 4.57. The van der Waals surface area contributed by atoms with Gasteiger partial charge in [0.15, 0.2) is 0 Å². The summed E-state index contributed by atoms with van der Waals surface area (Å²) in [5.74, 6) is 0.937. The minimum Gasteiger partial charge on any atom is -0.497 e. The first kappa shape index (κ1) is 18.5. The Bertz CT molecular complexity index is 876. The lowest BCUT2D eigenvalue weighted by Gasteiger charge is -2.15. The molecule has 1 heterocycles. The van der Waals surface area contributed by atoms with Gasteiger partial charge in [0.25, 0.3) is 0 Å². The van der Waals surface area contributed by atoms with Crippen molar-refractivity contribution in [2.24, 2.45) is 0 Å². The molecule has 0 amide bonds. The second-order valence-corrected chi connectivity index (χ2v) is 6.70. The van der Waals surface area contributed by atoms with E-state index in [0.29, 0.717) is 11.5 Å². The number of hydrogen-bond donors (Lipinski definition) is 2. The Balaban J connectivity index is 2.16. The van der Waals surface area contributed by atoms with Crippen LogP contribution in [0.4, 0.5) is 0 Å². The first-order valence-electron chi connectivity index (χ1n) is 8.49. The van der Waals surface area contributed by atoms with Crippen molar-refractivity contribution in [2.75, 3.05) is 14.2 Å². The van der Waals surface area contributed by atoms with Crippen molar-refractivity contribution in [1.29, 1.82) is 0 Å². The molecular formula is C21H22N2O4. The number of H-pyrrole nitrogens is 1. The van der Waals surface area contributed by atoms with Crippen LogP contribution in [0.3, 0.4) is 0 Å². The Labute approximate surface area is 157 Å². The van der Waals surface area contributed by atoms with Crippen LogP contribution in [-0.4, -0.2) is 35.3 Å². The number of carboxylic acids is 1. The molecule has 1 aromatic heterocycles. The lowest BCUT2D eigenvalue weighted by atomic mass is 9.93. The number of carboxylic acid groups (broad SMARTS) is 1. The van der Waals surface area contributed by atoms with Crippen molar-refractivity contribution in [2.45, 2.75) is 19.3 Å². The summed E-state index contributed by atoms with van der Waals surface area (Å²) >= 11 is 0. The number of rotatable bonds is 6. The summed E-state index contributed by atoms with van der Waals surface area (Å²) in [5, 5.41) is 9.58. The van der Waals surface area contributed by atoms with E-state index < -0.39 is 11.4 Å². The molecule has 0 aliphatic heterocycles. The Hall–Kier alpha value is -3.28. The lowest BCUT2D eigenvalue weighted by Crippen LogP contribution is -2.29. The van der Waals surface area contributed by atoms with E-state index in [2.05, 4.69) is 9.97 Å². The summed E-state index contributed by atoms with van der Waals surface area (Å²) in [4.78, 5) is 19.5. The maximum Gasteiger partial charge on any atom is 0.316 e. The molecule has 0 spiro atoms. The molecule has 0 bridgehead atoms. The zero-order valence-corrected chi connectivity index (χ0v) is 15.7. The molecule has 0 atom stereocenters. The first-order chi connectivity index (χ1) is 12.9. The fourth-order valence-corrected chi connectivity index (χ4v) is 2.69. The van der Waals surface area contributed by atoms with Crippen molar-refractivity contribution in [1.82, 2.24) is 9.97 Å². The van der Waals surface area contributed by atoms with Gasteiger partial charge in [0.1, 0.15) is 22.7 Å². The molecule has 27 heavy (non-hydrogen) atoms. The van der Waals surface area contributed by atoms with E-state index in [4.69, 9.17) is 9.47 Å². The minimum absolute atomic E-state index is 0.395. The molecule has 6 heteroatoms. The van der Waals surface area contributed by atoms with Gasteiger partial charge in [0.05, 0.1) is 25.6 Å². The summed E-state index contributed by atoms with van der Waals surface area (Å²) in [6.07, 6.45) is 0. The zero-order valence-electron chi connectivity index (χ0n) is 15.7. The van der Waals surface area contributed by atoms with Gasteiger partial charge < -0.3 is 19.6 Å². The van der Waals surface area contributed by atoms with Crippen LogP contribution in [0.1, 0.15) is 19.7 Å². The molecule has 140 valence electrons. The summed E-state index contributed by atoms with van der Waals surface area (Å²) in [7, 11) is 3.22. The number of benzene rings is 2. The SMILES string of the molecule is COc1ccc(-c2nc(C(C)(C)C(=O)O)[nH]c2-c2ccc(OC)cc2)cc1. The van der Waals surface area contributed by atoms with Gasteiger partial charge in [-0.05, 0) is 62.4 Å². The van der Waals surface area contributed by atoms with Crippen LogP contribution >= 0.6 is 0 Å². The zero-order chi connectivity index (χ0) is 19.6. The fourth-order valence-electron chi connectivity index (χ4n) is 2.69. The largest absolute Gasteiger partial charge is 0.497 e. The highest BCUT2D eigenvalue weighted by molar-refractivity contribution is 5.83. The number of aromatic amines is 1. The quantitative estimate of drug-likeness (QED) is 0.685. The van der Waals surface area contributed by atoms with Crippen molar-refractivity contribution in [3.63, 3.8) is 0 Å². The van der Waals surface area contributed by atoms with E-state index in [1.807, 2.05) is 48.5 Å².